The van der Waals surface area contributed by atoms with Crippen molar-refractivity contribution in [3.8, 4) is 16.9 Å². The standard InChI is InChI=1S/C20H17NO2/c22-15-20(23-19-9-5-2-6-10-19)21-18-13-11-17(12-14-18)16-7-3-1-4-8-16/h1-15,21-22H/b20-15+. The summed E-state index contributed by atoms with van der Waals surface area (Å²) >= 11 is 0. The summed E-state index contributed by atoms with van der Waals surface area (Å²) in [5.74, 6) is 0.921. The van der Waals surface area contributed by atoms with Crippen LogP contribution in [0.15, 0.2) is 97.1 Å². The molecule has 0 saturated carbocycles. The lowest BCUT2D eigenvalue weighted by Gasteiger charge is -2.12. The fourth-order valence-corrected chi connectivity index (χ4v) is 2.22. The quantitative estimate of drug-likeness (QED) is 0.636. The van der Waals surface area contributed by atoms with Crippen LogP contribution in [0, 0.1) is 0 Å². The molecule has 3 nitrogen and oxygen atoms in total. The van der Waals surface area contributed by atoms with E-state index in [0.29, 0.717) is 5.75 Å². The molecule has 0 aromatic heterocycles. The minimum atomic E-state index is 0.267. The smallest absolute Gasteiger partial charge is 0.232 e. The van der Waals surface area contributed by atoms with Gasteiger partial charge in [-0.15, -0.1) is 0 Å². The van der Waals surface area contributed by atoms with E-state index in [0.717, 1.165) is 23.1 Å². The molecule has 3 aromatic carbocycles. The number of hydrogen-bond donors (Lipinski definition) is 2. The first-order valence-corrected chi connectivity index (χ1v) is 7.35. The third-order valence-electron chi connectivity index (χ3n) is 3.35. The van der Waals surface area contributed by atoms with Crippen LogP contribution >= 0.6 is 0 Å². The van der Waals surface area contributed by atoms with Gasteiger partial charge in [0.25, 0.3) is 0 Å². The van der Waals surface area contributed by atoms with Crippen LogP contribution < -0.4 is 10.1 Å². The number of rotatable bonds is 5. The number of para-hydroxylation sites is 1. The number of aliphatic hydroxyl groups excluding tert-OH is 1. The Morgan fingerprint density at radius 3 is 1.91 bits per heavy atom. The Labute approximate surface area is 135 Å². The van der Waals surface area contributed by atoms with Crippen LogP contribution in [0.1, 0.15) is 0 Å². The molecule has 23 heavy (non-hydrogen) atoms. The summed E-state index contributed by atoms with van der Waals surface area (Å²) < 4.78 is 5.58. The number of benzene rings is 3. The van der Waals surface area contributed by atoms with Crippen molar-refractivity contribution in [2.24, 2.45) is 0 Å². The first-order chi connectivity index (χ1) is 11.3. The van der Waals surface area contributed by atoms with Crippen molar-refractivity contribution in [1.82, 2.24) is 0 Å². The van der Waals surface area contributed by atoms with E-state index in [4.69, 9.17) is 4.74 Å². The van der Waals surface area contributed by atoms with E-state index >= 15 is 0 Å². The molecule has 0 radical (unpaired) electrons. The molecular formula is C20H17NO2. The fourth-order valence-electron chi connectivity index (χ4n) is 2.22. The molecule has 0 saturated heterocycles. The second kappa shape index (κ2) is 7.18. The first kappa shape index (κ1) is 14.7. The van der Waals surface area contributed by atoms with E-state index in [1.165, 1.54) is 0 Å². The predicted molar refractivity (Wildman–Crippen MR) is 93.3 cm³/mol. The van der Waals surface area contributed by atoms with Crippen LogP contribution in [-0.2, 0) is 0 Å². The predicted octanol–water partition coefficient (Wildman–Crippen LogP) is 5.20. The number of ether oxygens (including phenoxy) is 1. The maximum Gasteiger partial charge on any atom is 0.232 e. The Morgan fingerprint density at radius 2 is 1.30 bits per heavy atom. The number of aliphatic hydroxyl groups is 1. The van der Waals surface area contributed by atoms with Crippen LogP contribution in [0.5, 0.6) is 5.75 Å². The highest BCUT2D eigenvalue weighted by Gasteiger charge is 2.03. The van der Waals surface area contributed by atoms with Gasteiger partial charge < -0.3 is 15.2 Å². The normalized spacial score (nSPS) is 11.0. The van der Waals surface area contributed by atoms with E-state index in [-0.39, 0.29) is 5.88 Å². The van der Waals surface area contributed by atoms with Crippen LogP contribution in [0.3, 0.4) is 0 Å². The van der Waals surface area contributed by atoms with Crippen LogP contribution in [0.25, 0.3) is 11.1 Å². The molecule has 0 atom stereocenters. The Balaban J connectivity index is 1.70. The Morgan fingerprint density at radius 1 is 0.739 bits per heavy atom. The van der Waals surface area contributed by atoms with Gasteiger partial charge in [0.2, 0.25) is 5.88 Å². The van der Waals surface area contributed by atoms with Gasteiger partial charge in [0, 0.05) is 5.69 Å². The van der Waals surface area contributed by atoms with Gasteiger partial charge >= 0.3 is 0 Å². The topological polar surface area (TPSA) is 41.5 Å². The van der Waals surface area contributed by atoms with E-state index < -0.39 is 0 Å². The number of hydrogen-bond acceptors (Lipinski definition) is 3. The lowest BCUT2D eigenvalue weighted by molar-refractivity contribution is 0.379. The summed E-state index contributed by atoms with van der Waals surface area (Å²) in [4.78, 5) is 0. The van der Waals surface area contributed by atoms with Gasteiger partial charge in [-0.25, -0.2) is 0 Å². The largest absolute Gasteiger partial charge is 0.510 e. The maximum atomic E-state index is 9.33. The number of nitrogens with one attached hydrogen (secondary N) is 1. The molecule has 0 fully saturated rings. The molecule has 0 unspecified atom stereocenters. The van der Waals surface area contributed by atoms with Crippen LogP contribution in [0.4, 0.5) is 5.69 Å². The molecule has 0 aliphatic rings. The van der Waals surface area contributed by atoms with E-state index in [9.17, 15) is 5.11 Å². The third kappa shape index (κ3) is 3.92. The molecule has 2 N–H and O–H groups in total. The molecule has 0 amide bonds. The average molecular weight is 303 g/mol. The highest BCUT2D eigenvalue weighted by Crippen LogP contribution is 2.22. The Bertz CT molecular complexity index is 766. The van der Waals surface area contributed by atoms with Crippen LogP contribution in [-0.4, -0.2) is 5.11 Å². The summed E-state index contributed by atoms with van der Waals surface area (Å²) in [5.41, 5.74) is 3.13. The molecule has 0 aliphatic heterocycles. The SMILES string of the molecule is O/C=C(\Nc1ccc(-c2ccccc2)cc1)Oc1ccccc1. The Hall–Kier alpha value is -3.20. The van der Waals surface area contributed by atoms with Gasteiger partial charge in [-0.1, -0.05) is 60.7 Å². The van der Waals surface area contributed by atoms with Gasteiger partial charge in [0.15, 0.2) is 0 Å². The van der Waals surface area contributed by atoms with E-state index in [1.807, 2.05) is 72.8 Å². The summed E-state index contributed by atoms with van der Waals surface area (Å²) in [5, 5.41) is 12.4. The minimum absolute atomic E-state index is 0.267. The molecule has 0 spiro atoms. The first-order valence-electron chi connectivity index (χ1n) is 7.35. The molecule has 0 bridgehead atoms. The molecule has 114 valence electrons. The van der Waals surface area contributed by atoms with Gasteiger partial charge in [0.1, 0.15) is 12.0 Å². The van der Waals surface area contributed by atoms with Gasteiger partial charge in [-0.3, -0.25) is 0 Å². The fraction of sp³-hybridized carbons (Fsp3) is 0. The zero-order valence-electron chi connectivity index (χ0n) is 12.5. The highest BCUT2D eigenvalue weighted by molar-refractivity contribution is 5.66. The minimum Gasteiger partial charge on any atom is -0.510 e. The van der Waals surface area contributed by atoms with Crippen molar-refractivity contribution < 1.29 is 9.84 Å². The molecular weight excluding hydrogens is 286 g/mol. The molecule has 3 heteroatoms. The third-order valence-corrected chi connectivity index (χ3v) is 3.35. The lowest BCUT2D eigenvalue weighted by Crippen LogP contribution is -2.06. The van der Waals surface area contributed by atoms with Crippen molar-refractivity contribution in [3.63, 3.8) is 0 Å². The second-order valence-electron chi connectivity index (χ2n) is 4.98. The van der Waals surface area contributed by atoms with Crippen molar-refractivity contribution in [2.75, 3.05) is 5.32 Å². The average Bonchev–Trinajstić information content (AvgIpc) is 2.63. The van der Waals surface area contributed by atoms with Crippen LogP contribution in [0.2, 0.25) is 0 Å². The van der Waals surface area contributed by atoms with Crippen molar-refractivity contribution in [1.29, 1.82) is 0 Å². The lowest BCUT2D eigenvalue weighted by atomic mass is 10.1. The van der Waals surface area contributed by atoms with Gasteiger partial charge in [0.05, 0.1) is 0 Å². The van der Waals surface area contributed by atoms with Crippen molar-refractivity contribution in [2.45, 2.75) is 0 Å². The summed E-state index contributed by atoms with van der Waals surface area (Å²) in [6.07, 6.45) is 0.915. The monoisotopic (exact) mass is 303 g/mol. The Kier molecular flexibility index (Phi) is 4.60. The van der Waals surface area contributed by atoms with Crippen molar-refractivity contribution in [3.05, 3.63) is 97.1 Å². The van der Waals surface area contributed by atoms with E-state index in [2.05, 4.69) is 17.4 Å². The summed E-state index contributed by atoms with van der Waals surface area (Å²) in [7, 11) is 0. The van der Waals surface area contributed by atoms with Gasteiger partial charge in [-0.05, 0) is 35.4 Å². The van der Waals surface area contributed by atoms with Crippen molar-refractivity contribution >= 4 is 5.69 Å². The molecule has 0 heterocycles. The molecule has 3 rings (SSSR count). The molecule has 0 aliphatic carbocycles. The summed E-state index contributed by atoms with van der Waals surface area (Å²) in [6, 6.07) is 27.4. The van der Waals surface area contributed by atoms with E-state index in [1.54, 1.807) is 0 Å². The maximum absolute atomic E-state index is 9.33. The molecule has 3 aromatic rings. The zero-order valence-corrected chi connectivity index (χ0v) is 12.5. The second-order valence-corrected chi connectivity index (χ2v) is 4.98. The zero-order chi connectivity index (χ0) is 15.9. The highest BCUT2D eigenvalue weighted by atomic mass is 16.5. The summed E-state index contributed by atoms with van der Waals surface area (Å²) in [6.45, 7) is 0. The van der Waals surface area contributed by atoms with Gasteiger partial charge in [-0.2, -0.15) is 0 Å². The number of anilines is 1.